The summed E-state index contributed by atoms with van der Waals surface area (Å²) in [5.41, 5.74) is 0.790. The van der Waals surface area contributed by atoms with Crippen LogP contribution in [0.4, 0.5) is 13.2 Å². The molecule has 78 valence electrons. The van der Waals surface area contributed by atoms with Crippen molar-refractivity contribution < 1.29 is 13.2 Å². The smallest absolute Gasteiger partial charge is 0.256 e. The minimum atomic E-state index is -4.29. The summed E-state index contributed by atoms with van der Waals surface area (Å²) in [7, 11) is 0. The van der Waals surface area contributed by atoms with E-state index in [-0.39, 0.29) is 0 Å². The van der Waals surface area contributed by atoms with Crippen molar-refractivity contribution in [3.05, 3.63) is 41.6 Å². The lowest BCUT2D eigenvalue weighted by Crippen LogP contribution is -2.04. The van der Waals surface area contributed by atoms with Crippen molar-refractivity contribution in [2.75, 3.05) is 0 Å². The van der Waals surface area contributed by atoms with Gasteiger partial charge in [0.15, 0.2) is 0 Å². The van der Waals surface area contributed by atoms with Gasteiger partial charge in [-0.2, -0.15) is 13.2 Å². The largest absolute Gasteiger partial charge is 0.416 e. The summed E-state index contributed by atoms with van der Waals surface area (Å²) in [6, 6.07) is 5.25. The molecule has 0 bridgehead atoms. The van der Waals surface area contributed by atoms with Crippen LogP contribution < -0.4 is 0 Å². The highest BCUT2D eigenvalue weighted by atomic mass is 19.4. The minimum absolute atomic E-state index is 0.518. The second-order valence-corrected chi connectivity index (χ2v) is 3.42. The van der Waals surface area contributed by atoms with E-state index < -0.39 is 11.7 Å². The number of halogens is 3. The number of alkyl halides is 3. The summed E-state index contributed by atoms with van der Waals surface area (Å²) in [5, 5.41) is 0.518. The molecule has 0 saturated heterocycles. The van der Waals surface area contributed by atoms with E-state index in [0.717, 1.165) is 17.7 Å². The van der Waals surface area contributed by atoms with Crippen molar-refractivity contribution >= 4 is 10.9 Å². The van der Waals surface area contributed by atoms with Crippen molar-refractivity contribution in [3.63, 3.8) is 0 Å². The maximum atomic E-state index is 12.4. The number of rotatable bonds is 0. The summed E-state index contributed by atoms with van der Waals surface area (Å²) in [6.45, 7) is 1.80. The Balaban J connectivity index is 2.64. The first-order valence-corrected chi connectivity index (χ1v) is 4.40. The van der Waals surface area contributed by atoms with Gasteiger partial charge in [0.25, 0.3) is 0 Å². The molecule has 1 aromatic heterocycles. The van der Waals surface area contributed by atoms with E-state index in [1.165, 1.54) is 6.07 Å². The Bertz CT molecular complexity index is 503. The van der Waals surface area contributed by atoms with Gasteiger partial charge in [0, 0.05) is 11.6 Å². The van der Waals surface area contributed by atoms with Gasteiger partial charge in [-0.1, -0.05) is 0 Å². The van der Waals surface area contributed by atoms with Crippen LogP contribution in [0.25, 0.3) is 10.9 Å². The topological polar surface area (TPSA) is 12.9 Å². The SMILES string of the molecule is Cc1cnc2ccc(C(F)(F)F)cc2c1. The van der Waals surface area contributed by atoms with Gasteiger partial charge in [-0.15, -0.1) is 0 Å². The Hall–Kier alpha value is -1.58. The molecular formula is C11H8F3N. The van der Waals surface area contributed by atoms with Crippen LogP contribution in [-0.4, -0.2) is 4.98 Å². The highest BCUT2D eigenvalue weighted by molar-refractivity contribution is 5.79. The van der Waals surface area contributed by atoms with E-state index in [0.29, 0.717) is 10.9 Å². The molecule has 0 radical (unpaired) electrons. The molecular weight excluding hydrogens is 203 g/mol. The predicted molar refractivity (Wildman–Crippen MR) is 51.5 cm³/mol. The van der Waals surface area contributed by atoms with Crippen LogP contribution >= 0.6 is 0 Å². The number of aryl methyl sites for hydroxylation is 1. The Morgan fingerprint density at radius 2 is 1.87 bits per heavy atom. The molecule has 0 amide bonds. The molecule has 1 nitrogen and oxygen atoms in total. The monoisotopic (exact) mass is 211 g/mol. The zero-order valence-electron chi connectivity index (χ0n) is 7.97. The number of hydrogen-bond acceptors (Lipinski definition) is 1. The lowest BCUT2D eigenvalue weighted by Gasteiger charge is -2.07. The molecule has 2 aromatic rings. The van der Waals surface area contributed by atoms with Crippen LogP contribution in [0, 0.1) is 6.92 Å². The standard InChI is InChI=1S/C11H8F3N/c1-7-4-8-5-9(11(12,13)14)2-3-10(8)15-6-7/h2-6H,1H3. The summed E-state index contributed by atoms with van der Waals surface area (Å²) in [6.07, 6.45) is -2.66. The molecule has 0 spiro atoms. The molecule has 0 N–H and O–H groups in total. The maximum absolute atomic E-state index is 12.4. The summed E-state index contributed by atoms with van der Waals surface area (Å²) in [5.74, 6) is 0. The highest BCUT2D eigenvalue weighted by Gasteiger charge is 2.30. The quantitative estimate of drug-likeness (QED) is 0.649. The number of benzene rings is 1. The number of nitrogens with zero attached hydrogens (tertiary/aromatic N) is 1. The first-order chi connectivity index (χ1) is 6.97. The Labute approximate surface area is 84.6 Å². The van der Waals surface area contributed by atoms with Crippen molar-refractivity contribution in [1.29, 1.82) is 0 Å². The van der Waals surface area contributed by atoms with Crippen molar-refractivity contribution in [1.82, 2.24) is 4.98 Å². The molecule has 0 unspecified atom stereocenters. The second-order valence-electron chi connectivity index (χ2n) is 3.42. The zero-order valence-corrected chi connectivity index (χ0v) is 7.97. The zero-order chi connectivity index (χ0) is 11.1. The molecule has 0 fully saturated rings. The van der Waals surface area contributed by atoms with E-state index in [4.69, 9.17) is 0 Å². The second kappa shape index (κ2) is 3.22. The number of hydrogen-bond donors (Lipinski definition) is 0. The molecule has 1 aromatic carbocycles. The number of fused-ring (bicyclic) bond motifs is 1. The molecule has 0 aliphatic heterocycles. The number of pyridine rings is 1. The van der Waals surface area contributed by atoms with E-state index in [1.54, 1.807) is 19.2 Å². The molecule has 0 atom stereocenters. The van der Waals surface area contributed by atoms with Crippen LogP contribution in [0.3, 0.4) is 0 Å². The molecule has 0 aliphatic rings. The molecule has 0 aliphatic carbocycles. The molecule has 15 heavy (non-hydrogen) atoms. The van der Waals surface area contributed by atoms with Gasteiger partial charge in [-0.25, -0.2) is 0 Å². The lowest BCUT2D eigenvalue weighted by atomic mass is 10.1. The molecule has 0 saturated carbocycles. The van der Waals surface area contributed by atoms with Gasteiger partial charge >= 0.3 is 6.18 Å². The lowest BCUT2D eigenvalue weighted by molar-refractivity contribution is -0.137. The van der Waals surface area contributed by atoms with Crippen LogP contribution in [0.5, 0.6) is 0 Å². The Morgan fingerprint density at radius 1 is 1.13 bits per heavy atom. The average Bonchev–Trinajstić information content (AvgIpc) is 2.15. The third-order valence-electron chi connectivity index (χ3n) is 2.15. The van der Waals surface area contributed by atoms with Crippen LogP contribution in [0.15, 0.2) is 30.5 Å². The summed E-state index contributed by atoms with van der Waals surface area (Å²) >= 11 is 0. The minimum Gasteiger partial charge on any atom is -0.256 e. The summed E-state index contributed by atoms with van der Waals surface area (Å²) < 4.78 is 37.2. The first kappa shape index (κ1) is 9.96. The first-order valence-electron chi connectivity index (χ1n) is 4.40. The van der Waals surface area contributed by atoms with E-state index in [1.807, 2.05) is 0 Å². The van der Waals surface area contributed by atoms with Crippen molar-refractivity contribution in [3.8, 4) is 0 Å². The van der Waals surface area contributed by atoms with Crippen LogP contribution in [0.2, 0.25) is 0 Å². The molecule has 1 heterocycles. The van der Waals surface area contributed by atoms with Gasteiger partial charge in [-0.3, -0.25) is 4.98 Å². The van der Waals surface area contributed by atoms with Gasteiger partial charge in [0.05, 0.1) is 11.1 Å². The van der Waals surface area contributed by atoms with Gasteiger partial charge in [0.2, 0.25) is 0 Å². The fourth-order valence-electron chi connectivity index (χ4n) is 1.42. The van der Waals surface area contributed by atoms with Gasteiger partial charge in [0.1, 0.15) is 0 Å². The van der Waals surface area contributed by atoms with Gasteiger partial charge < -0.3 is 0 Å². The summed E-state index contributed by atoms with van der Waals surface area (Å²) in [4.78, 5) is 4.04. The fraction of sp³-hybridized carbons (Fsp3) is 0.182. The van der Waals surface area contributed by atoms with Crippen LogP contribution in [0.1, 0.15) is 11.1 Å². The Morgan fingerprint density at radius 3 is 2.53 bits per heavy atom. The molecule has 4 heteroatoms. The molecule has 2 rings (SSSR count). The third kappa shape index (κ3) is 1.93. The third-order valence-corrected chi connectivity index (χ3v) is 2.15. The van der Waals surface area contributed by atoms with E-state index in [9.17, 15) is 13.2 Å². The van der Waals surface area contributed by atoms with Crippen molar-refractivity contribution in [2.45, 2.75) is 13.1 Å². The van der Waals surface area contributed by atoms with Crippen molar-refractivity contribution in [2.24, 2.45) is 0 Å². The highest BCUT2D eigenvalue weighted by Crippen LogP contribution is 2.31. The van der Waals surface area contributed by atoms with Crippen LogP contribution in [-0.2, 0) is 6.18 Å². The fourth-order valence-corrected chi connectivity index (χ4v) is 1.42. The average molecular weight is 211 g/mol. The Kier molecular flexibility index (Phi) is 2.14. The normalized spacial score (nSPS) is 12.0. The maximum Gasteiger partial charge on any atom is 0.416 e. The predicted octanol–water partition coefficient (Wildman–Crippen LogP) is 3.56. The van der Waals surface area contributed by atoms with E-state index >= 15 is 0 Å². The number of aromatic nitrogens is 1. The van der Waals surface area contributed by atoms with Gasteiger partial charge in [-0.05, 0) is 36.8 Å². The van der Waals surface area contributed by atoms with E-state index in [2.05, 4.69) is 4.98 Å².